The Hall–Kier alpha value is -2.15. The van der Waals surface area contributed by atoms with Gasteiger partial charge < -0.3 is 69.2 Å². The zero-order valence-electron chi connectivity index (χ0n) is 40.6. The number of carboxylic acid groups (broad SMARTS) is 1. The fourth-order valence-electron chi connectivity index (χ4n) is 6.49. The molecule has 4 atom stereocenters. The lowest BCUT2D eigenvalue weighted by molar-refractivity contribution is -0.152. The molecule has 2 rings (SSSR count). The van der Waals surface area contributed by atoms with Gasteiger partial charge in [-0.05, 0) is 175 Å². The maximum Gasteiger partial charge on any atom is 0.303 e. The van der Waals surface area contributed by atoms with Crippen LogP contribution >= 0.6 is 136 Å². The molecule has 0 aliphatic heterocycles. The summed E-state index contributed by atoms with van der Waals surface area (Å²) in [4.78, 5) is 116. The number of rotatable bonds is 24. The lowest BCUT2D eigenvalue weighted by atomic mass is 10.1. The number of hydrogen-bond donors (Lipinski definition) is 6. The highest BCUT2D eigenvalue weighted by molar-refractivity contribution is 14.1. The van der Waals surface area contributed by atoms with E-state index in [1.54, 1.807) is 0 Å². The number of carboxylic acids is 1. The highest BCUT2D eigenvalue weighted by Gasteiger charge is 2.36. The molecule has 0 spiro atoms. The van der Waals surface area contributed by atoms with E-state index >= 15 is 0 Å². The molecular formula is C44H56I6N4O19. The largest absolute Gasteiger partial charge is 0.481 e. The number of carbonyl (C=O) groups excluding carboxylic acids is 8. The number of benzene rings is 2. The van der Waals surface area contributed by atoms with Crippen LogP contribution in [-0.4, -0.2) is 161 Å². The summed E-state index contributed by atoms with van der Waals surface area (Å²) in [6.07, 6.45) is -5.47. The van der Waals surface area contributed by atoms with E-state index in [9.17, 15) is 73.8 Å². The number of aliphatic hydroxyl groups is 5. The topological polar surface area (TPSA) is 325 Å². The number of hydrogen-bond acceptors (Lipinski definition) is 18. The Bertz CT molecular complexity index is 2230. The Morgan fingerprint density at radius 3 is 1.01 bits per heavy atom. The predicted octanol–water partition coefficient (Wildman–Crippen LogP) is 3.62. The minimum Gasteiger partial charge on any atom is -0.481 e. The van der Waals surface area contributed by atoms with Gasteiger partial charge in [0.05, 0.1) is 62.8 Å². The summed E-state index contributed by atoms with van der Waals surface area (Å²) in [5.74, 6) is -6.34. The van der Waals surface area contributed by atoms with Crippen molar-refractivity contribution in [1.82, 2.24) is 0 Å². The van der Waals surface area contributed by atoms with Gasteiger partial charge in [-0.15, -0.1) is 0 Å². The molecule has 0 radical (unpaired) electrons. The van der Waals surface area contributed by atoms with E-state index in [1.165, 1.54) is 61.1 Å². The van der Waals surface area contributed by atoms with Crippen LogP contribution in [0.4, 0.5) is 22.7 Å². The van der Waals surface area contributed by atoms with Crippen molar-refractivity contribution in [2.45, 2.75) is 99.3 Å². The highest BCUT2D eigenvalue weighted by atomic mass is 127. The van der Waals surface area contributed by atoms with E-state index in [-0.39, 0.29) is 83.4 Å². The standard InChI is InChI=1S/C27H33I3N2O12.C17H23I3N2O7/c1-13(43-17(5)35)26(39)31(9-11-41-15(3)33)24-21(28)19(7-8-20(37)38)22(29)25(23(24)30)32(10-12-42-16(4)34)27(40)14(2)44-18(6)36;1-8(26)16(28)21(3-5-23)14-11(18)10(7-25)12(19)15(13(14)20)22(4-6-24)17(29)9(2)27/h13-14H,7-12H2,1-6H3,(H,37,38);8-9,23-27H,3-7H2,1-2H3. The molecule has 2 aromatic rings. The van der Waals surface area contributed by atoms with Crippen molar-refractivity contribution in [3.05, 3.63) is 32.5 Å². The normalized spacial score (nSPS) is 12.4. The molecule has 4 unspecified atom stereocenters. The maximum absolute atomic E-state index is 13.7. The van der Waals surface area contributed by atoms with Crippen molar-refractivity contribution >= 4 is 212 Å². The first-order valence-electron chi connectivity index (χ1n) is 21.6. The molecule has 408 valence electrons. The Morgan fingerprint density at radius 2 is 0.767 bits per heavy atom. The van der Waals surface area contributed by atoms with Crippen LogP contribution in [0.5, 0.6) is 0 Å². The number of aliphatic hydroxyl groups excluding tert-OH is 5. The molecule has 0 aliphatic rings. The van der Waals surface area contributed by atoms with Crippen LogP contribution in [0, 0.1) is 21.4 Å². The second-order valence-corrected chi connectivity index (χ2v) is 21.7. The first-order chi connectivity index (χ1) is 33.9. The third kappa shape index (κ3) is 20.0. The van der Waals surface area contributed by atoms with Gasteiger partial charge in [-0.2, -0.15) is 0 Å². The summed E-state index contributed by atoms with van der Waals surface area (Å²) in [6.45, 7) is 7.88. The summed E-state index contributed by atoms with van der Waals surface area (Å²) in [7, 11) is 0. The molecule has 0 bridgehead atoms. The van der Waals surface area contributed by atoms with Crippen LogP contribution in [0.15, 0.2) is 0 Å². The Morgan fingerprint density at radius 1 is 0.466 bits per heavy atom. The average Bonchev–Trinajstić information content (AvgIpc) is 3.28. The summed E-state index contributed by atoms with van der Waals surface area (Å²) in [5.41, 5.74) is 2.06. The number of halogens is 6. The average molecular weight is 1710 g/mol. The van der Waals surface area contributed by atoms with Crippen LogP contribution in [0.1, 0.15) is 72.9 Å². The Kier molecular flexibility index (Phi) is 31.3. The zero-order chi connectivity index (χ0) is 56.3. The van der Waals surface area contributed by atoms with E-state index in [1.807, 2.05) is 136 Å². The van der Waals surface area contributed by atoms with Gasteiger partial charge in [0.15, 0.2) is 12.2 Å². The molecule has 0 saturated heterocycles. The third-order valence-corrected chi connectivity index (χ3v) is 16.3. The lowest BCUT2D eigenvalue weighted by Gasteiger charge is -2.33. The van der Waals surface area contributed by atoms with Crippen molar-refractivity contribution in [2.24, 2.45) is 0 Å². The maximum atomic E-state index is 13.7. The molecular weight excluding hydrogens is 1650 g/mol. The molecule has 0 aromatic heterocycles. The molecule has 73 heavy (non-hydrogen) atoms. The molecule has 2 aromatic carbocycles. The van der Waals surface area contributed by atoms with Crippen LogP contribution in [0.3, 0.4) is 0 Å². The minimum absolute atomic E-state index is 0.000246. The van der Waals surface area contributed by atoms with Gasteiger partial charge >= 0.3 is 29.8 Å². The van der Waals surface area contributed by atoms with Gasteiger partial charge in [-0.1, -0.05) is 0 Å². The van der Waals surface area contributed by atoms with E-state index in [2.05, 4.69) is 0 Å². The predicted molar refractivity (Wildman–Crippen MR) is 314 cm³/mol. The number of ether oxygens (including phenoxy) is 4. The van der Waals surface area contributed by atoms with Crippen molar-refractivity contribution < 1.29 is 92.7 Å². The fourth-order valence-corrected chi connectivity index (χ4v) is 16.0. The van der Waals surface area contributed by atoms with Crippen LogP contribution < -0.4 is 19.6 Å². The molecule has 0 saturated carbocycles. The van der Waals surface area contributed by atoms with E-state index in [0.29, 0.717) is 43.9 Å². The van der Waals surface area contributed by atoms with E-state index in [4.69, 9.17) is 18.9 Å². The van der Waals surface area contributed by atoms with E-state index in [0.717, 1.165) is 13.8 Å². The summed E-state index contributed by atoms with van der Waals surface area (Å²) < 4.78 is 23.2. The molecule has 0 fully saturated rings. The highest BCUT2D eigenvalue weighted by Crippen LogP contribution is 2.45. The number of amides is 4. The quantitative estimate of drug-likeness (QED) is 0.0497. The minimum atomic E-state index is -1.33. The number of esters is 4. The first-order valence-corrected chi connectivity index (χ1v) is 28.1. The second kappa shape index (κ2) is 33.2. The molecule has 0 heterocycles. The molecule has 0 aliphatic carbocycles. The number of aliphatic carboxylic acids is 1. The SMILES string of the molecule is CC(=O)OCCN(C(=O)C(C)OC(C)=O)c1c(I)c(CCC(=O)O)c(I)c(N(CCOC(C)=O)C(=O)C(C)OC(C)=O)c1I.CC(O)C(=O)N(CCO)c1c(I)c(CO)c(I)c(N(CCO)C(=O)C(C)O)c1I. The Balaban J connectivity index is 0.000000794. The fraction of sp³-hybridized carbons (Fsp3) is 0.523. The van der Waals surface area contributed by atoms with Crippen molar-refractivity contribution in [3.8, 4) is 0 Å². The van der Waals surface area contributed by atoms with Gasteiger partial charge in [0.2, 0.25) is 0 Å². The molecule has 29 heteroatoms. The third-order valence-electron chi connectivity index (χ3n) is 9.60. The zero-order valence-corrected chi connectivity index (χ0v) is 53.6. The van der Waals surface area contributed by atoms with Gasteiger partial charge in [-0.25, -0.2) is 0 Å². The number of anilines is 4. The summed E-state index contributed by atoms with van der Waals surface area (Å²) in [5, 5.41) is 57.9. The molecule has 23 nitrogen and oxygen atoms in total. The van der Waals surface area contributed by atoms with Crippen LogP contribution in [-0.2, 0) is 75.1 Å². The lowest BCUT2D eigenvalue weighted by Crippen LogP contribution is -2.45. The van der Waals surface area contributed by atoms with Crippen LogP contribution in [0.2, 0.25) is 0 Å². The molecule has 4 amide bonds. The van der Waals surface area contributed by atoms with Crippen molar-refractivity contribution in [2.75, 3.05) is 72.2 Å². The summed E-state index contributed by atoms with van der Waals surface area (Å²) in [6, 6.07) is 0. The first kappa shape index (κ1) is 68.9. The second-order valence-electron chi connectivity index (χ2n) is 15.2. The number of carbonyl (C=O) groups is 9. The smallest absolute Gasteiger partial charge is 0.303 e. The monoisotopic (exact) mass is 1710 g/mol. The van der Waals surface area contributed by atoms with Crippen molar-refractivity contribution in [1.29, 1.82) is 0 Å². The van der Waals surface area contributed by atoms with Crippen molar-refractivity contribution in [3.63, 3.8) is 0 Å². The van der Waals surface area contributed by atoms with Gasteiger partial charge in [0, 0.05) is 67.0 Å². The molecule has 6 N–H and O–H groups in total. The summed E-state index contributed by atoms with van der Waals surface area (Å²) >= 11 is 11.8. The van der Waals surface area contributed by atoms with Gasteiger partial charge in [0.1, 0.15) is 25.4 Å². The van der Waals surface area contributed by atoms with Gasteiger partial charge in [0.25, 0.3) is 23.6 Å². The number of nitrogens with zero attached hydrogens (tertiary/aromatic N) is 4. The Labute approximate surface area is 502 Å². The van der Waals surface area contributed by atoms with Gasteiger partial charge in [-0.3, -0.25) is 43.2 Å². The van der Waals surface area contributed by atoms with Crippen LogP contribution in [0.25, 0.3) is 0 Å². The van der Waals surface area contributed by atoms with E-state index < -0.39 is 77.9 Å².